The molecule has 0 aliphatic carbocycles. The maximum atomic E-state index is 5.88. The lowest BCUT2D eigenvalue weighted by atomic mass is 10.1. The Hall–Kier alpha value is -2.27. The fraction of sp³-hybridized carbons (Fsp3) is 0.222. The third-order valence-corrected chi connectivity index (χ3v) is 3.90. The van der Waals surface area contributed by atoms with Crippen molar-refractivity contribution in [2.24, 2.45) is 15.9 Å². The van der Waals surface area contributed by atoms with Crippen LogP contribution >= 0.6 is 11.8 Å². The Morgan fingerprint density at radius 3 is 2.74 bits per heavy atom. The maximum Gasteiger partial charge on any atom is 0.180 e. The zero-order valence-corrected chi connectivity index (χ0v) is 14.2. The predicted molar refractivity (Wildman–Crippen MR) is 99.3 cm³/mol. The largest absolute Gasteiger partial charge is 0.493 e. The van der Waals surface area contributed by atoms with Gasteiger partial charge < -0.3 is 10.5 Å². The molecule has 0 radical (unpaired) electrons. The second kappa shape index (κ2) is 9.00. The fourth-order valence-electron chi connectivity index (χ4n) is 1.96. The number of nitrogens with zero attached hydrogens (tertiary/aromatic N) is 2. The highest BCUT2D eigenvalue weighted by molar-refractivity contribution is 8.13. The van der Waals surface area contributed by atoms with Crippen LogP contribution in [0.4, 0.5) is 0 Å². The lowest BCUT2D eigenvalue weighted by Gasteiger charge is -2.07. The Labute approximate surface area is 141 Å². The molecule has 0 aromatic heterocycles. The first-order chi connectivity index (χ1) is 11.2. The van der Waals surface area contributed by atoms with Gasteiger partial charge in [-0.15, -0.1) is 5.10 Å². The van der Waals surface area contributed by atoms with Gasteiger partial charge in [0.25, 0.3) is 0 Å². The number of nitrogens with two attached hydrogens (primary N) is 1. The first-order valence-electron chi connectivity index (χ1n) is 7.45. The monoisotopic (exact) mass is 327 g/mol. The van der Waals surface area contributed by atoms with E-state index in [0.717, 1.165) is 22.6 Å². The van der Waals surface area contributed by atoms with Crippen molar-refractivity contribution >= 4 is 23.1 Å². The molecule has 0 unspecified atom stereocenters. The van der Waals surface area contributed by atoms with Gasteiger partial charge in [0, 0.05) is 11.3 Å². The van der Waals surface area contributed by atoms with Crippen molar-refractivity contribution in [3.63, 3.8) is 0 Å². The summed E-state index contributed by atoms with van der Waals surface area (Å²) in [5, 5.41) is 8.55. The summed E-state index contributed by atoms with van der Waals surface area (Å²) in [5.74, 6) is 1.58. The minimum Gasteiger partial charge on any atom is -0.493 e. The first kappa shape index (κ1) is 17.1. The molecule has 0 fully saturated rings. The van der Waals surface area contributed by atoms with E-state index in [0.29, 0.717) is 11.8 Å². The number of ether oxygens (including phenoxy) is 1. The Balaban J connectivity index is 1.98. The quantitative estimate of drug-likeness (QED) is 0.496. The summed E-state index contributed by atoms with van der Waals surface area (Å²) in [6.07, 6.45) is 1.67. The molecule has 0 heterocycles. The van der Waals surface area contributed by atoms with E-state index in [1.54, 1.807) is 6.21 Å². The smallest absolute Gasteiger partial charge is 0.180 e. The molecule has 120 valence electrons. The molecule has 2 aromatic rings. The molecule has 0 saturated heterocycles. The lowest BCUT2D eigenvalue weighted by Crippen LogP contribution is -2.06. The van der Waals surface area contributed by atoms with Crippen molar-refractivity contribution in [3.8, 4) is 5.75 Å². The van der Waals surface area contributed by atoms with E-state index in [2.05, 4.69) is 22.3 Å². The molecule has 2 aromatic carbocycles. The summed E-state index contributed by atoms with van der Waals surface area (Å²) >= 11 is 1.47. The second-order valence-corrected chi connectivity index (χ2v) is 5.93. The molecule has 5 heteroatoms. The van der Waals surface area contributed by atoms with E-state index in [-0.39, 0.29) is 0 Å². The van der Waals surface area contributed by atoms with Gasteiger partial charge >= 0.3 is 0 Å². The van der Waals surface area contributed by atoms with Crippen molar-refractivity contribution in [2.45, 2.75) is 19.6 Å². The minimum atomic E-state index is 0.440. The Morgan fingerprint density at radius 1 is 1.22 bits per heavy atom. The van der Waals surface area contributed by atoms with Crippen molar-refractivity contribution in [3.05, 3.63) is 65.2 Å². The van der Waals surface area contributed by atoms with Crippen molar-refractivity contribution < 1.29 is 4.74 Å². The predicted octanol–water partition coefficient (Wildman–Crippen LogP) is 3.98. The zero-order valence-electron chi connectivity index (χ0n) is 13.4. The van der Waals surface area contributed by atoms with E-state index in [1.807, 2.05) is 50.2 Å². The standard InChI is InChI=1S/C18H21N3OS/c1-3-22-17-10-9-14(2)11-16(17)12-20-21-18(19)23-13-15-7-5-4-6-8-15/h4-12H,3,13H2,1-2H3,(H2,19,21). The minimum absolute atomic E-state index is 0.440. The van der Waals surface area contributed by atoms with Crippen LogP contribution in [0.1, 0.15) is 23.6 Å². The highest BCUT2D eigenvalue weighted by Crippen LogP contribution is 2.18. The summed E-state index contributed by atoms with van der Waals surface area (Å²) in [5.41, 5.74) is 9.13. The molecular formula is C18H21N3OS. The van der Waals surface area contributed by atoms with Crippen LogP contribution in [0.25, 0.3) is 0 Å². The lowest BCUT2D eigenvalue weighted by molar-refractivity contribution is 0.339. The third kappa shape index (κ3) is 5.79. The van der Waals surface area contributed by atoms with E-state index in [9.17, 15) is 0 Å². The van der Waals surface area contributed by atoms with Gasteiger partial charge in [-0.2, -0.15) is 5.10 Å². The molecule has 0 aliphatic heterocycles. The summed E-state index contributed by atoms with van der Waals surface area (Å²) < 4.78 is 5.58. The second-order valence-electron chi connectivity index (χ2n) is 4.93. The van der Waals surface area contributed by atoms with Crippen molar-refractivity contribution in [2.75, 3.05) is 6.61 Å². The van der Waals surface area contributed by atoms with E-state index in [1.165, 1.54) is 17.3 Å². The van der Waals surface area contributed by atoms with Gasteiger partial charge in [-0.25, -0.2) is 0 Å². The summed E-state index contributed by atoms with van der Waals surface area (Å²) in [4.78, 5) is 0. The van der Waals surface area contributed by atoms with E-state index >= 15 is 0 Å². The van der Waals surface area contributed by atoms with Crippen molar-refractivity contribution in [1.82, 2.24) is 0 Å². The number of thioether (sulfide) groups is 1. The molecule has 2 N–H and O–H groups in total. The topological polar surface area (TPSA) is 60.0 Å². The molecule has 0 amide bonds. The van der Waals surface area contributed by atoms with Crippen LogP contribution in [-0.2, 0) is 5.75 Å². The average molecular weight is 327 g/mol. The molecule has 4 nitrogen and oxygen atoms in total. The molecule has 0 atom stereocenters. The van der Waals surface area contributed by atoms with Gasteiger partial charge in [-0.05, 0) is 31.5 Å². The molecule has 0 aliphatic rings. The van der Waals surface area contributed by atoms with Crippen LogP contribution in [0, 0.1) is 6.92 Å². The average Bonchev–Trinajstić information content (AvgIpc) is 2.56. The molecule has 23 heavy (non-hydrogen) atoms. The van der Waals surface area contributed by atoms with Gasteiger partial charge in [0.1, 0.15) is 5.75 Å². The Morgan fingerprint density at radius 2 is 2.00 bits per heavy atom. The number of amidine groups is 1. The Kier molecular flexibility index (Phi) is 6.69. The van der Waals surface area contributed by atoms with Crippen LogP contribution in [-0.4, -0.2) is 18.0 Å². The molecule has 0 saturated carbocycles. The summed E-state index contributed by atoms with van der Waals surface area (Å²) in [6.45, 7) is 4.60. The van der Waals surface area contributed by atoms with Crippen LogP contribution in [0.5, 0.6) is 5.75 Å². The van der Waals surface area contributed by atoms with E-state index < -0.39 is 0 Å². The number of rotatable bonds is 6. The van der Waals surface area contributed by atoms with Gasteiger partial charge in [0.15, 0.2) is 5.17 Å². The zero-order chi connectivity index (χ0) is 16.5. The fourth-order valence-corrected chi connectivity index (χ4v) is 2.58. The Bertz CT molecular complexity index is 684. The maximum absolute atomic E-state index is 5.88. The first-order valence-corrected chi connectivity index (χ1v) is 8.44. The van der Waals surface area contributed by atoms with Crippen LogP contribution < -0.4 is 10.5 Å². The molecule has 2 rings (SSSR count). The van der Waals surface area contributed by atoms with Gasteiger partial charge in [-0.1, -0.05) is 53.7 Å². The van der Waals surface area contributed by atoms with Gasteiger partial charge in [-0.3, -0.25) is 0 Å². The van der Waals surface area contributed by atoms with Crippen LogP contribution in [0.3, 0.4) is 0 Å². The highest BCUT2D eigenvalue weighted by atomic mass is 32.2. The molecule has 0 spiro atoms. The summed E-state index contributed by atoms with van der Waals surface area (Å²) in [6, 6.07) is 16.1. The van der Waals surface area contributed by atoms with Gasteiger partial charge in [0.05, 0.1) is 12.8 Å². The van der Waals surface area contributed by atoms with Crippen LogP contribution in [0.15, 0.2) is 58.7 Å². The van der Waals surface area contributed by atoms with Gasteiger partial charge in [0.2, 0.25) is 0 Å². The van der Waals surface area contributed by atoms with E-state index in [4.69, 9.17) is 10.5 Å². The number of aryl methyl sites for hydroxylation is 1. The SMILES string of the molecule is CCOc1ccc(C)cc1C=NN=C(N)SCc1ccccc1. The normalized spacial score (nSPS) is 11.8. The van der Waals surface area contributed by atoms with Crippen LogP contribution in [0.2, 0.25) is 0 Å². The molecule has 0 bridgehead atoms. The number of hydrogen-bond acceptors (Lipinski definition) is 4. The number of benzene rings is 2. The highest BCUT2D eigenvalue weighted by Gasteiger charge is 2.01. The number of hydrogen-bond donors (Lipinski definition) is 1. The molecular weight excluding hydrogens is 306 g/mol. The van der Waals surface area contributed by atoms with Crippen molar-refractivity contribution in [1.29, 1.82) is 0 Å². The third-order valence-electron chi connectivity index (χ3n) is 3.05. The summed E-state index contributed by atoms with van der Waals surface area (Å²) in [7, 11) is 0.